The number of Topliss-reactive ketones (excluding diaryl/α,β-unsaturated/α-hetero) is 1. The second kappa shape index (κ2) is 6.35. The van der Waals surface area contributed by atoms with Crippen molar-refractivity contribution in [1.29, 1.82) is 0 Å². The van der Waals surface area contributed by atoms with Gasteiger partial charge in [-0.3, -0.25) is 9.59 Å². The SMILES string of the molecule is C=CCNC(=O)COC1CCC(=O)CC1. The molecule has 0 atom stereocenters. The van der Waals surface area contributed by atoms with Crippen molar-refractivity contribution < 1.29 is 14.3 Å². The van der Waals surface area contributed by atoms with Gasteiger partial charge < -0.3 is 10.1 Å². The highest BCUT2D eigenvalue weighted by Crippen LogP contribution is 2.17. The summed E-state index contributed by atoms with van der Waals surface area (Å²) in [6.45, 7) is 4.04. The maximum Gasteiger partial charge on any atom is 0.246 e. The second-order valence-corrected chi connectivity index (χ2v) is 3.64. The second-order valence-electron chi connectivity index (χ2n) is 3.64. The summed E-state index contributed by atoms with van der Waals surface area (Å²) in [6.07, 6.45) is 4.34. The molecule has 1 aliphatic carbocycles. The lowest BCUT2D eigenvalue weighted by molar-refractivity contribution is -0.129. The van der Waals surface area contributed by atoms with Gasteiger partial charge in [0.15, 0.2) is 0 Å². The molecular formula is C11H17NO3. The van der Waals surface area contributed by atoms with Crippen molar-refractivity contribution in [3.05, 3.63) is 12.7 Å². The van der Waals surface area contributed by atoms with Crippen LogP contribution in [-0.4, -0.2) is 30.9 Å². The molecule has 4 nitrogen and oxygen atoms in total. The number of rotatable bonds is 5. The van der Waals surface area contributed by atoms with Crippen LogP contribution in [0.15, 0.2) is 12.7 Å². The van der Waals surface area contributed by atoms with Gasteiger partial charge in [0.25, 0.3) is 0 Å². The molecule has 0 aromatic rings. The van der Waals surface area contributed by atoms with Gasteiger partial charge in [-0.2, -0.15) is 0 Å². The smallest absolute Gasteiger partial charge is 0.246 e. The monoisotopic (exact) mass is 211 g/mol. The van der Waals surface area contributed by atoms with E-state index in [9.17, 15) is 9.59 Å². The molecule has 84 valence electrons. The zero-order valence-corrected chi connectivity index (χ0v) is 8.83. The van der Waals surface area contributed by atoms with Gasteiger partial charge in [0.2, 0.25) is 5.91 Å². The van der Waals surface area contributed by atoms with Crippen molar-refractivity contribution in [1.82, 2.24) is 5.32 Å². The minimum absolute atomic E-state index is 0.0668. The van der Waals surface area contributed by atoms with Crippen LogP contribution in [0.1, 0.15) is 25.7 Å². The number of hydrogen-bond acceptors (Lipinski definition) is 3. The van der Waals surface area contributed by atoms with Crippen LogP contribution in [0.5, 0.6) is 0 Å². The fourth-order valence-corrected chi connectivity index (χ4v) is 1.51. The Morgan fingerprint density at radius 1 is 1.53 bits per heavy atom. The van der Waals surface area contributed by atoms with Gasteiger partial charge in [-0.25, -0.2) is 0 Å². The van der Waals surface area contributed by atoms with Crippen molar-refractivity contribution in [2.45, 2.75) is 31.8 Å². The summed E-state index contributed by atoms with van der Waals surface area (Å²) in [5.74, 6) is 0.165. The van der Waals surface area contributed by atoms with E-state index in [1.54, 1.807) is 6.08 Å². The Labute approximate surface area is 89.7 Å². The van der Waals surface area contributed by atoms with Crippen LogP contribution < -0.4 is 5.32 Å². The lowest BCUT2D eigenvalue weighted by Crippen LogP contribution is -2.31. The summed E-state index contributed by atoms with van der Waals surface area (Å²) in [5, 5.41) is 2.63. The van der Waals surface area contributed by atoms with E-state index in [0.717, 1.165) is 12.8 Å². The topological polar surface area (TPSA) is 55.4 Å². The highest BCUT2D eigenvalue weighted by molar-refractivity contribution is 5.79. The Bertz CT molecular complexity index is 240. The van der Waals surface area contributed by atoms with Gasteiger partial charge >= 0.3 is 0 Å². The van der Waals surface area contributed by atoms with Gasteiger partial charge in [-0.1, -0.05) is 6.08 Å². The van der Waals surface area contributed by atoms with Crippen molar-refractivity contribution in [2.24, 2.45) is 0 Å². The van der Waals surface area contributed by atoms with Gasteiger partial charge in [-0.05, 0) is 12.8 Å². The molecule has 15 heavy (non-hydrogen) atoms. The number of ketones is 1. The van der Waals surface area contributed by atoms with Crippen molar-refractivity contribution in [2.75, 3.05) is 13.2 Å². The molecule has 1 N–H and O–H groups in total. The predicted molar refractivity (Wildman–Crippen MR) is 56.4 cm³/mol. The summed E-state index contributed by atoms with van der Waals surface area (Å²) in [6, 6.07) is 0. The lowest BCUT2D eigenvalue weighted by atomic mass is 9.96. The van der Waals surface area contributed by atoms with E-state index in [4.69, 9.17) is 4.74 Å². The minimum Gasteiger partial charge on any atom is -0.368 e. The Morgan fingerprint density at radius 2 is 2.20 bits per heavy atom. The zero-order valence-electron chi connectivity index (χ0n) is 8.83. The molecule has 1 amide bonds. The van der Waals surface area contributed by atoms with E-state index >= 15 is 0 Å². The van der Waals surface area contributed by atoms with Crippen molar-refractivity contribution >= 4 is 11.7 Å². The van der Waals surface area contributed by atoms with E-state index < -0.39 is 0 Å². The summed E-state index contributed by atoms with van der Waals surface area (Å²) >= 11 is 0. The Kier molecular flexibility index (Phi) is 5.04. The first kappa shape index (κ1) is 11.9. The largest absolute Gasteiger partial charge is 0.368 e. The van der Waals surface area contributed by atoms with E-state index in [1.807, 2.05) is 0 Å². The molecule has 0 saturated heterocycles. The molecule has 1 rings (SSSR count). The van der Waals surface area contributed by atoms with Crippen LogP contribution in [0, 0.1) is 0 Å². The quantitative estimate of drug-likeness (QED) is 0.685. The van der Waals surface area contributed by atoms with E-state index in [1.165, 1.54) is 0 Å². The highest BCUT2D eigenvalue weighted by atomic mass is 16.5. The molecule has 0 radical (unpaired) electrons. The highest BCUT2D eigenvalue weighted by Gasteiger charge is 2.19. The van der Waals surface area contributed by atoms with Crippen LogP contribution in [0.3, 0.4) is 0 Å². The first-order valence-electron chi connectivity index (χ1n) is 5.23. The number of amides is 1. The third-order valence-electron chi connectivity index (χ3n) is 2.38. The molecule has 0 bridgehead atoms. The molecule has 4 heteroatoms. The van der Waals surface area contributed by atoms with E-state index in [2.05, 4.69) is 11.9 Å². The van der Waals surface area contributed by atoms with E-state index in [-0.39, 0.29) is 18.6 Å². The number of ether oxygens (including phenoxy) is 1. The third kappa shape index (κ3) is 4.74. The van der Waals surface area contributed by atoms with Gasteiger partial charge in [0.05, 0.1) is 6.10 Å². The molecule has 0 heterocycles. The number of carbonyl (C=O) groups is 2. The van der Waals surface area contributed by atoms with E-state index in [0.29, 0.717) is 25.2 Å². The van der Waals surface area contributed by atoms with Gasteiger partial charge in [0.1, 0.15) is 12.4 Å². The van der Waals surface area contributed by atoms with Crippen molar-refractivity contribution in [3.63, 3.8) is 0 Å². The fourth-order valence-electron chi connectivity index (χ4n) is 1.51. The molecule has 1 aliphatic rings. The van der Waals surface area contributed by atoms with Crippen LogP contribution in [0.25, 0.3) is 0 Å². The van der Waals surface area contributed by atoms with Gasteiger partial charge in [-0.15, -0.1) is 6.58 Å². The number of hydrogen-bond donors (Lipinski definition) is 1. The fraction of sp³-hybridized carbons (Fsp3) is 0.636. The molecule has 0 spiro atoms. The summed E-state index contributed by atoms with van der Waals surface area (Å²) in [7, 11) is 0. The molecule has 0 aliphatic heterocycles. The Morgan fingerprint density at radius 3 is 2.80 bits per heavy atom. The van der Waals surface area contributed by atoms with Crippen LogP contribution in [0.2, 0.25) is 0 Å². The zero-order chi connectivity index (χ0) is 11.1. The summed E-state index contributed by atoms with van der Waals surface area (Å²) in [4.78, 5) is 22.1. The first-order chi connectivity index (χ1) is 7.22. The van der Waals surface area contributed by atoms with Gasteiger partial charge in [0, 0.05) is 19.4 Å². The maximum atomic E-state index is 11.2. The normalized spacial score (nSPS) is 17.5. The number of nitrogens with one attached hydrogen (secondary N) is 1. The van der Waals surface area contributed by atoms with Crippen molar-refractivity contribution in [3.8, 4) is 0 Å². The summed E-state index contributed by atoms with van der Waals surface area (Å²) in [5.41, 5.74) is 0. The molecule has 1 fully saturated rings. The predicted octanol–water partition coefficient (Wildman–Crippen LogP) is 0.817. The third-order valence-corrected chi connectivity index (χ3v) is 2.38. The van der Waals surface area contributed by atoms with Crippen LogP contribution in [-0.2, 0) is 14.3 Å². The number of carbonyl (C=O) groups excluding carboxylic acids is 2. The Balaban J connectivity index is 2.11. The summed E-state index contributed by atoms with van der Waals surface area (Å²) < 4.78 is 5.39. The molecule has 0 aromatic heterocycles. The standard InChI is InChI=1S/C11H17NO3/c1-2-7-12-11(14)8-15-10-5-3-9(13)4-6-10/h2,10H,1,3-8H2,(H,12,14). The molecule has 0 aromatic carbocycles. The average molecular weight is 211 g/mol. The minimum atomic E-state index is -0.133. The van der Waals surface area contributed by atoms with Crippen LogP contribution in [0.4, 0.5) is 0 Å². The Hall–Kier alpha value is -1.16. The van der Waals surface area contributed by atoms with Crippen LogP contribution >= 0.6 is 0 Å². The lowest BCUT2D eigenvalue weighted by Gasteiger charge is -2.20. The molecule has 1 saturated carbocycles. The maximum absolute atomic E-state index is 11.2. The molecule has 0 unspecified atom stereocenters. The first-order valence-corrected chi connectivity index (χ1v) is 5.23. The molecular weight excluding hydrogens is 194 g/mol. The average Bonchev–Trinajstić information content (AvgIpc) is 2.25.